The van der Waals surface area contributed by atoms with Gasteiger partial charge in [-0.1, -0.05) is 36.8 Å². The lowest BCUT2D eigenvalue weighted by Crippen LogP contribution is -2.35. The molecular formula is C22H21N3O4S. The molecule has 8 heteroatoms. The van der Waals surface area contributed by atoms with Crippen LogP contribution in [0.15, 0.2) is 56.3 Å². The van der Waals surface area contributed by atoms with Gasteiger partial charge in [0.15, 0.2) is 5.75 Å². The molecule has 0 atom stereocenters. The van der Waals surface area contributed by atoms with E-state index in [0.717, 1.165) is 27.7 Å². The van der Waals surface area contributed by atoms with Crippen molar-refractivity contribution in [1.29, 1.82) is 0 Å². The highest BCUT2D eigenvalue weighted by Gasteiger charge is 2.16. The van der Waals surface area contributed by atoms with Gasteiger partial charge in [-0.05, 0) is 18.9 Å². The number of aryl methyl sites for hydroxylation is 1. The summed E-state index contributed by atoms with van der Waals surface area (Å²) in [5.74, 6) is 0.219. The molecule has 3 aromatic heterocycles. The molecule has 0 spiro atoms. The van der Waals surface area contributed by atoms with E-state index in [1.54, 1.807) is 0 Å². The first-order chi connectivity index (χ1) is 14.5. The standard InChI is InChI=1S/C22H21N3O4S/c1-3-8-29-18-10-23-15(9-17(18)26)11-25-21(27)19-16(12-30-20(19)24-22(25)28)14-6-4-13(2)5-7-14/h4-7,9-10,12H,3,8,11H2,1-2H3,(H,23,26)(H,24,28). The summed E-state index contributed by atoms with van der Waals surface area (Å²) in [6.07, 6.45) is 2.25. The Bertz CT molecular complexity index is 1380. The molecule has 0 radical (unpaired) electrons. The van der Waals surface area contributed by atoms with Gasteiger partial charge in [0.1, 0.15) is 4.83 Å². The van der Waals surface area contributed by atoms with Crippen molar-refractivity contribution in [3.63, 3.8) is 0 Å². The summed E-state index contributed by atoms with van der Waals surface area (Å²) in [7, 11) is 0. The van der Waals surface area contributed by atoms with E-state index in [2.05, 4.69) is 9.97 Å². The largest absolute Gasteiger partial charge is 0.488 e. The van der Waals surface area contributed by atoms with Gasteiger partial charge in [-0.15, -0.1) is 11.3 Å². The Labute approximate surface area is 175 Å². The smallest absolute Gasteiger partial charge is 0.329 e. The van der Waals surface area contributed by atoms with Crippen LogP contribution in [0.25, 0.3) is 21.3 Å². The van der Waals surface area contributed by atoms with Gasteiger partial charge >= 0.3 is 5.69 Å². The van der Waals surface area contributed by atoms with Crippen molar-refractivity contribution >= 4 is 21.6 Å². The van der Waals surface area contributed by atoms with Crippen LogP contribution in [0.4, 0.5) is 0 Å². The summed E-state index contributed by atoms with van der Waals surface area (Å²) in [6, 6.07) is 9.23. The normalized spacial score (nSPS) is 11.1. The Balaban J connectivity index is 1.76. The Morgan fingerprint density at radius 1 is 1.13 bits per heavy atom. The lowest BCUT2D eigenvalue weighted by atomic mass is 10.1. The molecule has 0 fully saturated rings. The Morgan fingerprint density at radius 3 is 2.60 bits per heavy atom. The first kappa shape index (κ1) is 19.9. The molecule has 0 saturated heterocycles. The molecule has 0 bridgehead atoms. The van der Waals surface area contributed by atoms with E-state index < -0.39 is 11.2 Å². The van der Waals surface area contributed by atoms with Crippen molar-refractivity contribution in [2.75, 3.05) is 6.61 Å². The summed E-state index contributed by atoms with van der Waals surface area (Å²) in [5.41, 5.74) is 2.06. The number of hydrogen-bond donors (Lipinski definition) is 2. The zero-order chi connectivity index (χ0) is 21.3. The third-order valence-electron chi connectivity index (χ3n) is 4.81. The molecule has 154 valence electrons. The Hall–Kier alpha value is -3.39. The molecule has 7 nitrogen and oxygen atoms in total. The number of H-pyrrole nitrogens is 2. The van der Waals surface area contributed by atoms with Crippen molar-refractivity contribution in [2.24, 2.45) is 0 Å². The van der Waals surface area contributed by atoms with E-state index in [1.807, 2.05) is 43.5 Å². The zero-order valence-electron chi connectivity index (χ0n) is 16.7. The first-order valence-electron chi connectivity index (χ1n) is 9.63. The van der Waals surface area contributed by atoms with E-state index in [-0.39, 0.29) is 17.7 Å². The lowest BCUT2D eigenvalue weighted by Gasteiger charge is -2.08. The average Bonchev–Trinajstić information content (AvgIpc) is 3.15. The summed E-state index contributed by atoms with van der Waals surface area (Å²) in [4.78, 5) is 44.2. The van der Waals surface area contributed by atoms with E-state index in [1.165, 1.54) is 23.6 Å². The minimum Gasteiger partial charge on any atom is -0.488 e. The lowest BCUT2D eigenvalue weighted by molar-refractivity contribution is 0.313. The van der Waals surface area contributed by atoms with Crippen molar-refractivity contribution < 1.29 is 4.74 Å². The second-order valence-electron chi connectivity index (χ2n) is 7.08. The number of nitrogens with one attached hydrogen (secondary N) is 2. The quantitative estimate of drug-likeness (QED) is 0.497. The molecule has 2 N–H and O–H groups in total. The van der Waals surface area contributed by atoms with Gasteiger partial charge in [-0.25, -0.2) is 4.79 Å². The van der Waals surface area contributed by atoms with E-state index in [4.69, 9.17) is 4.74 Å². The van der Waals surface area contributed by atoms with Crippen molar-refractivity contribution in [2.45, 2.75) is 26.8 Å². The number of fused-ring (bicyclic) bond motifs is 1. The molecule has 1 aromatic carbocycles. The van der Waals surface area contributed by atoms with Crippen molar-refractivity contribution in [3.8, 4) is 16.9 Å². The van der Waals surface area contributed by atoms with Crippen LogP contribution in [-0.4, -0.2) is 21.1 Å². The fourth-order valence-corrected chi connectivity index (χ4v) is 4.18. The van der Waals surface area contributed by atoms with Crippen LogP contribution in [0.3, 0.4) is 0 Å². The molecule has 0 aliphatic carbocycles. The predicted molar refractivity (Wildman–Crippen MR) is 119 cm³/mol. The van der Waals surface area contributed by atoms with Crippen LogP contribution in [0.2, 0.25) is 0 Å². The predicted octanol–water partition coefficient (Wildman–Crippen LogP) is 3.25. The van der Waals surface area contributed by atoms with Crippen molar-refractivity contribution in [3.05, 3.63) is 84.2 Å². The minimum absolute atomic E-state index is 0.0451. The second-order valence-corrected chi connectivity index (χ2v) is 7.96. The number of pyridine rings is 1. The Kier molecular flexibility index (Phi) is 5.41. The summed E-state index contributed by atoms with van der Waals surface area (Å²) >= 11 is 1.33. The third kappa shape index (κ3) is 3.73. The average molecular weight is 423 g/mol. The summed E-state index contributed by atoms with van der Waals surface area (Å²) in [5, 5.41) is 2.34. The van der Waals surface area contributed by atoms with Gasteiger partial charge in [0, 0.05) is 28.9 Å². The Morgan fingerprint density at radius 2 is 1.90 bits per heavy atom. The molecule has 0 saturated carbocycles. The van der Waals surface area contributed by atoms with Gasteiger partial charge in [0.2, 0.25) is 5.43 Å². The highest BCUT2D eigenvalue weighted by molar-refractivity contribution is 7.17. The van der Waals surface area contributed by atoms with Crippen molar-refractivity contribution in [1.82, 2.24) is 14.5 Å². The second kappa shape index (κ2) is 8.16. The summed E-state index contributed by atoms with van der Waals surface area (Å²) < 4.78 is 6.48. The minimum atomic E-state index is -0.517. The first-order valence-corrected chi connectivity index (χ1v) is 10.5. The SMILES string of the molecule is CCCOc1c[nH]c(Cn2c(=O)[nH]c3scc(-c4ccc(C)cc4)c3c2=O)cc1=O. The van der Waals surface area contributed by atoms with Gasteiger partial charge in [-0.2, -0.15) is 0 Å². The molecule has 4 aromatic rings. The van der Waals surface area contributed by atoms with Crippen LogP contribution >= 0.6 is 11.3 Å². The highest BCUT2D eigenvalue weighted by atomic mass is 32.1. The maximum absolute atomic E-state index is 13.2. The van der Waals surface area contributed by atoms with Gasteiger partial charge in [0.25, 0.3) is 5.56 Å². The van der Waals surface area contributed by atoms with Gasteiger partial charge < -0.3 is 9.72 Å². The molecule has 0 amide bonds. The number of benzene rings is 1. The van der Waals surface area contributed by atoms with Gasteiger partial charge in [0.05, 0.1) is 18.5 Å². The molecule has 30 heavy (non-hydrogen) atoms. The third-order valence-corrected chi connectivity index (χ3v) is 5.70. The van der Waals surface area contributed by atoms with E-state index in [0.29, 0.717) is 22.5 Å². The van der Waals surface area contributed by atoms with E-state index >= 15 is 0 Å². The number of ether oxygens (including phenoxy) is 1. The van der Waals surface area contributed by atoms with Crippen LogP contribution in [0, 0.1) is 6.92 Å². The zero-order valence-corrected chi connectivity index (χ0v) is 17.5. The number of aromatic amines is 2. The fraction of sp³-hybridized carbons (Fsp3) is 0.227. The molecule has 0 unspecified atom stereocenters. The molecule has 3 heterocycles. The maximum Gasteiger partial charge on any atom is 0.329 e. The molecular weight excluding hydrogens is 402 g/mol. The number of nitrogens with zero attached hydrogens (tertiary/aromatic N) is 1. The van der Waals surface area contributed by atoms with Crippen LogP contribution < -0.4 is 21.4 Å². The maximum atomic E-state index is 13.2. The number of aromatic nitrogens is 3. The monoisotopic (exact) mass is 423 g/mol. The number of rotatable bonds is 6. The topological polar surface area (TPSA) is 96.9 Å². The van der Waals surface area contributed by atoms with Crippen LogP contribution in [0.1, 0.15) is 24.6 Å². The molecule has 4 rings (SSSR count). The molecule has 0 aliphatic heterocycles. The number of hydrogen-bond acceptors (Lipinski definition) is 5. The van der Waals surface area contributed by atoms with Gasteiger partial charge in [-0.3, -0.25) is 19.1 Å². The summed E-state index contributed by atoms with van der Waals surface area (Å²) in [6.45, 7) is 4.35. The highest BCUT2D eigenvalue weighted by Crippen LogP contribution is 2.30. The fourth-order valence-electron chi connectivity index (χ4n) is 3.23. The van der Waals surface area contributed by atoms with Crippen LogP contribution in [0.5, 0.6) is 5.75 Å². The molecule has 0 aliphatic rings. The van der Waals surface area contributed by atoms with Crippen LogP contribution in [-0.2, 0) is 6.54 Å². The number of thiophene rings is 1. The van der Waals surface area contributed by atoms with E-state index in [9.17, 15) is 14.4 Å².